The number of benzene rings is 2. The van der Waals surface area contributed by atoms with Crippen molar-refractivity contribution in [3.8, 4) is 16.3 Å². The van der Waals surface area contributed by atoms with Gasteiger partial charge in [0.05, 0.1) is 12.8 Å². The van der Waals surface area contributed by atoms with Gasteiger partial charge in [0.1, 0.15) is 16.3 Å². The van der Waals surface area contributed by atoms with Crippen LogP contribution in [0.25, 0.3) is 21.7 Å². The summed E-state index contributed by atoms with van der Waals surface area (Å²) in [5, 5.41) is 3.21. The van der Waals surface area contributed by atoms with E-state index in [4.69, 9.17) is 14.1 Å². The van der Waals surface area contributed by atoms with E-state index < -0.39 is 0 Å². The van der Waals surface area contributed by atoms with Crippen molar-refractivity contribution < 1.29 is 9.15 Å². The number of fused-ring (bicyclic) bond motifs is 1. The molecule has 0 N–H and O–H groups in total. The number of aromatic nitrogens is 2. The Hall–Kier alpha value is -2.90. The van der Waals surface area contributed by atoms with Crippen molar-refractivity contribution >= 4 is 28.5 Å². The molecular weight excluding hydrogens is 384 g/mol. The molecule has 0 radical (unpaired) electrons. The third-order valence-electron chi connectivity index (χ3n) is 5.20. The first-order valence-electron chi connectivity index (χ1n) is 9.70. The maximum Gasteiger partial charge on any atom is 0.298 e. The van der Waals surface area contributed by atoms with Crippen molar-refractivity contribution in [3.05, 3.63) is 59.6 Å². The molecule has 0 spiro atoms. The minimum absolute atomic E-state index is 0.723. The first kappa shape index (κ1) is 18.1. The highest BCUT2D eigenvalue weighted by Crippen LogP contribution is 2.27. The molecule has 7 heteroatoms. The van der Waals surface area contributed by atoms with E-state index >= 15 is 0 Å². The molecule has 0 bridgehead atoms. The zero-order chi connectivity index (χ0) is 19.6. The maximum atomic E-state index is 5.91. The summed E-state index contributed by atoms with van der Waals surface area (Å²) in [4.78, 5) is 14.1. The lowest BCUT2D eigenvalue weighted by atomic mass is 10.2. The number of oxazole rings is 1. The molecule has 4 aromatic rings. The topological polar surface area (TPSA) is 54.6 Å². The van der Waals surface area contributed by atoms with Crippen LogP contribution < -0.4 is 9.64 Å². The van der Waals surface area contributed by atoms with Gasteiger partial charge in [0.15, 0.2) is 5.58 Å². The van der Waals surface area contributed by atoms with Gasteiger partial charge in [-0.25, -0.2) is 4.98 Å². The van der Waals surface area contributed by atoms with Gasteiger partial charge in [0.25, 0.3) is 6.01 Å². The largest absolute Gasteiger partial charge is 0.497 e. The van der Waals surface area contributed by atoms with Crippen LogP contribution in [-0.2, 0) is 6.54 Å². The third-order valence-corrected chi connectivity index (χ3v) is 6.14. The second-order valence-electron chi connectivity index (χ2n) is 7.10. The highest BCUT2D eigenvalue weighted by Gasteiger charge is 2.21. The van der Waals surface area contributed by atoms with E-state index in [-0.39, 0.29) is 0 Å². The van der Waals surface area contributed by atoms with Crippen molar-refractivity contribution in [1.29, 1.82) is 0 Å². The van der Waals surface area contributed by atoms with Crippen molar-refractivity contribution in [2.24, 2.45) is 0 Å². The van der Waals surface area contributed by atoms with Gasteiger partial charge in [-0.3, -0.25) is 4.90 Å². The van der Waals surface area contributed by atoms with Crippen molar-refractivity contribution in [3.63, 3.8) is 0 Å². The van der Waals surface area contributed by atoms with Crippen LogP contribution in [-0.4, -0.2) is 48.2 Å². The number of ether oxygens (including phenoxy) is 1. The molecule has 0 saturated carbocycles. The number of anilines is 1. The molecule has 148 valence electrons. The molecule has 1 fully saturated rings. The predicted molar refractivity (Wildman–Crippen MR) is 116 cm³/mol. The van der Waals surface area contributed by atoms with E-state index in [1.54, 1.807) is 18.4 Å². The number of nitrogens with zero attached hydrogens (tertiary/aromatic N) is 4. The molecule has 0 amide bonds. The highest BCUT2D eigenvalue weighted by molar-refractivity contribution is 7.13. The van der Waals surface area contributed by atoms with Crippen LogP contribution in [0.1, 0.15) is 5.69 Å². The summed E-state index contributed by atoms with van der Waals surface area (Å²) in [7, 11) is 1.68. The normalized spacial score (nSPS) is 15.1. The third kappa shape index (κ3) is 3.83. The lowest BCUT2D eigenvalue weighted by molar-refractivity contribution is 0.243. The molecule has 2 aromatic heterocycles. The average molecular weight is 407 g/mol. The molecule has 0 aliphatic carbocycles. The summed E-state index contributed by atoms with van der Waals surface area (Å²) < 4.78 is 11.1. The Morgan fingerprint density at radius 2 is 1.79 bits per heavy atom. The van der Waals surface area contributed by atoms with Crippen LogP contribution in [0.4, 0.5) is 6.01 Å². The van der Waals surface area contributed by atoms with Crippen LogP contribution in [0, 0.1) is 0 Å². The summed E-state index contributed by atoms with van der Waals surface area (Å²) in [6.07, 6.45) is 0. The maximum absolute atomic E-state index is 5.91. The summed E-state index contributed by atoms with van der Waals surface area (Å²) in [6.45, 7) is 4.61. The Bertz CT molecular complexity index is 1060. The van der Waals surface area contributed by atoms with Crippen LogP contribution in [0.2, 0.25) is 0 Å². The molecule has 1 aliphatic heterocycles. The van der Waals surface area contributed by atoms with Gasteiger partial charge in [-0.2, -0.15) is 4.98 Å². The predicted octanol–water partition coefficient (Wildman–Crippen LogP) is 4.28. The van der Waals surface area contributed by atoms with Gasteiger partial charge in [-0.15, -0.1) is 11.3 Å². The monoisotopic (exact) mass is 406 g/mol. The fraction of sp³-hybridized carbons (Fsp3) is 0.273. The molecule has 1 saturated heterocycles. The second kappa shape index (κ2) is 7.85. The Morgan fingerprint density at radius 3 is 2.55 bits per heavy atom. The molecule has 0 unspecified atom stereocenters. The number of rotatable bonds is 5. The summed E-state index contributed by atoms with van der Waals surface area (Å²) in [5.74, 6) is 0.863. The fourth-order valence-electron chi connectivity index (χ4n) is 3.57. The minimum atomic E-state index is 0.723. The lowest BCUT2D eigenvalue weighted by Crippen LogP contribution is -2.46. The number of thiazole rings is 1. The van der Waals surface area contributed by atoms with Crippen molar-refractivity contribution in [2.45, 2.75) is 6.54 Å². The van der Waals surface area contributed by atoms with Gasteiger partial charge in [-0.1, -0.05) is 12.1 Å². The number of hydrogen-bond acceptors (Lipinski definition) is 7. The molecule has 1 aliphatic rings. The smallest absolute Gasteiger partial charge is 0.298 e. The molecule has 5 rings (SSSR count). The van der Waals surface area contributed by atoms with E-state index in [9.17, 15) is 0 Å². The van der Waals surface area contributed by atoms with Gasteiger partial charge in [0, 0.05) is 43.7 Å². The van der Waals surface area contributed by atoms with Crippen LogP contribution >= 0.6 is 11.3 Å². The molecule has 2 aromatic carbocycles. The minimum Gasteiger partial charge on any atom is -0.497 e. The van der Waals surface area contributed by atoms with Crippen molar-refractivity contribution in [1.82, 2.24) is 14.9 Å². The van der Waals surface area contributed by atoms with E-state index in [1.165, 1.54) is 0 Å². The Labute approximate surface area is 173 Å². The van der Waals surface area contributed by atoms with Crippen LogP contribution in [0.3, 0.4) is 0 Å². The Kier molecular flexibility index (Phi) is 4.91. The highest BCUT2D eigenvalue weighted by atomic mass is 32.1. The summed E-state index contributed by atoms with van der Waals surface area (Å²) in [6, 6.07) is 16.7. The number of hydrogen-bond donors (Lipinski definition) is 0. The standard InChI is InChI=1S/C22H22N4O2S/c1-27-18-8-6-16(7-9-18)21-23-17(15-29-21)14-25-10-12-26(13-11-25)22-24-19-4-2-3-5-20(19)28-22/h2-9,15H,10-14H2,1H3. The van der Waals surface area contributed by atoms with Gasteiger partial charge in [-0.05, 0) is 36.4 Å². The van der Waals surface area contributed by atoms with Crippen molar-refractivity contribution in [2.75, 3.05) is 38.2 Å². The molecular formula is C22H22N4O2S. The summed E-state index contributed by atoms with van der Waals surface area (Å²) >= 11 is 1.69. The first-order chi connectivity index (χ1) is 14.3. The fourth-order valence-corrected chi connectivity index (χ4v) is 4.38. The molecule has 3 heterocycles. The number of methoxy groups -OCH3 is 1. The Morgan fingerprint density at radius 1 is 1.00 bits per heavy atom. The first-order valence-corrected chi connectivity index (χ1v) is 10.6. The zero-order valence-corrected chi connectivity index (χ0v) is 17.1. The van der Waals surface area contributed by atoms with Crippen LogP contribution in [0.15, 0.2) is 58.3 Å². The SMILES string of the molecule is COc1ccc(-c2nc(CN3CCN(c4nc5ccccc5o4)CC3)cs2)cc1. The molecule has 6 nitrogen and oxygen atoms in total. The van der Waals surface area contributed by atoms with E-state index in [1.807, 2.05) is 36.4 Å². The van der Waals surface area contributed by atoms with Gasteiger partial charge >= 0.3 is 0 Å². The molecule has 0 atom stereocenters. The van der Waals surface area contributed by atoms with E-state index in [0.29, 0.717) is 0 Å². The Balaban J connectivity index is 1.20. The van der Waals surface area contributed by atoms with Gasteiger partial charge < -0.3 is 14.1 Å². The average Bonchev–Trinajstić information content (AvgIpc) is 3.41. The van der Waals surface area contributed by atoms with Crippen LogP contribution in [0.5, 0.6) is 5.75 Å². The van der Waals surface area contributed by atoms with Gasteiger partial charge in [0.2, 0.25) is 0 Å². The molecule has 29 heavy (non-hydrogen) atoms. The van der Waals surface area contributed by atoms with E-state index in [2.05, 4.69) is 32.3 Å². The quantitative estimate of drug-likeness (QED) is 0.493. The summed E-state index contributed by atoms with van der Waals surface area (Å²) in [5.41, 5.74) is 4.01. The van der Waals surface area contributed by atoms with E-state index in [0.717, 1.165) is 71.9 Å². The number of para-hydroxylation sites is 2. The zero-order valence-electron chi connectivity index (χ0n) is 16.2. The second-order valence-corrected chi connectivity index (χ2v) is 7.96. The lowest BCUT2D eigenvalue weighted by Gasteiger charge is -2.33. The number of piperazine rings is 1.